The van der Waals surface area contributed by atoms with E-state index in [4.69, 9.17) is 13.9 Å². The molecule has 0 atom stereocenters. The number of hydrogen-bond donors (Lipinski definition) is 1. The molecule has 4 rings (SSSR count). The van der Waals surface area contributed by atoms with E-state index in [1.807, 2.05) is 19.1 Å². The van der Waals surface area contributed by atoms with Crippen molar-refractivity contribution in [3.63, 3.8) is 0 Å². The fourth-order valence-electron chi connectivity index (χ4n) is 3.98. The molecule has 0 saturated carbocycles. The van der Waals surface area contributed by atoms with Crippen molar-refractivity contribution < 1.29 is 18.7 Å². The van der Waals surface area contributed by atoms with Gasteiger partial charge in [-0.3, -0.25) is 4.79 Å². The van der Waals surface area contributed by atoms with Crippen molar-refractivity contribution in [3.05, 3.63) is 83.6 Å². The molecule has 5 heteroatoms. The molecule has 0 aliphatic carbocycles. The second-order valence-corrected chi connectivity index (χ2v) is 8.06. The van der Waals surface area contributed by atoms with Crippen molar-refractivity contribution in [2.24, 2.45) is 0 Å². The largest absolute Gasteiger partial charge is 0.497 e. The summed E-state index contributed by atoms with van der Waals surface area (Å²) in [6.07, 6.45) is 3.35. The molecular formula is C28H27NO4. The van der Waals surface area contributed by atoms with Crippen molar-refractivity contribution in [1.82, 2.24) is 0 Å². The maximum Gasteiger partial charge on any atom is 0.248 e. The van der Waals surface area contributed by atoms with Crippen LogP contribution in [0.3, 0.4) is 0 Å². The van der Waals surface area contributed by atoms with Gasteiger partial charge in [-0.25, -0.2) is 0 Å². The van der Waals surface area contributed by atoms with E-state index in [0.29, 0.717) is 11.4 Å². The van der Waals surface area contributed by atoms with Gasteiger partial charge in [0.1, 0.15) is 17.1 Å². The summed E-state index contributed by atoms with van der Waals surface area (Å²) in [6, 6.07) is 17.5. The Balaban J connectivity index is 1.69. The topological polar surface area (TPSA) is 60.7 Å². The van der Waals surface area contributed by atoms with Gasteiger partial charge in [0.2, 0.25) is 5.91 Å². The minimum atomic E-state index is -0.221. The molecule has 33 heavy (non-hydrogen) atoms. The number of carbonyl (C=O) groups is 1. The third-order valence-corrected chi connectivity index (χ3v) is 5.70. The molecule has 168 valence electrons. The molecule has 4 aromatic rings. The lowest BCUT2D eigenvalue weighted by Crippen LogP contribution is -2.08. The number of aryl methyl sites for hydroxylation is 2. The zero-order valence-corrected chi connectivity index (χ0v) is 19.5. The minimum Gasteiger partial charge on any atom is -0.497 e. The first-order valence-corrected chi connectivity index (χ1v) is 10.7. The van der Waals surface area contributed by atoms with Crippen molar-refractivity contribution >= 4 is 28.1 Å². The molecule has 3 aromatic carbocycles. The number of rotatable bonds is 6. The Hall–Kier alpha value is -3.99. The van der Waals surface area contributed by atoms with Crippen LogP contribution in [0.2, 0.25) is 0 Å². The Morgan fingerprint density at radius 3 is 2.36 bits per heavy atom. The molecule has 5 nitrogen and oxygen atoms in total. The van der Waals surface area contributed by atoms with E-state index in [1.54, 1.807) is 50.8 Å². The van der Waals surface area contributed by atoms with Crippen molar-refractivity contribution in [3.8, 4) is 22.6 Å². The van der Waals surface area contributed by atoms with Gasteiger partial charge in [0.25, 0.3) is 0 Å². The molecule has 1 amide bonds. The lowest BCUT2D eigenvalue weighted by molar-refractivity contribution is -0.111. The first-order chi connectivity index (χ1) is 15.9. The molecule has 0 aliphatic heterocycles. The van der Waals surface area contributed by atoms with E-state index in [0.717, 1.165) is 39.0 Å². The lowest BCUT2D eigenvalue weighted by Gasteiger charge is -2.11. The first kappa shape index (κ1) is 22.2. The Labute approximate surface area is 193 Å². The number of amides is 1. The van der Waals surface area contributed by atoms with Crippen LogP contribution in [0.1, 0.15) is 23.6 Å². The summed E-state index contributed by atoms with van der Waals surface area (Å²) in [4.78, 5) is 12.7. The number of benzene rings is 3. The summed E-state index contributed by atoms with van der Waals surface area (Å²) in [5.74, 6) is 1.16. The molecule has 0 saturated heterocycles. The first-order valence-electron chi connectivity index (χ1n) is 10.7. The van der Waals surface area contributed by atoms with Gasteiger partial charge in [0.15, 0.2) is 0 Å². The van der Waals surface area contributed by atoms with E-state index < -0.39 is 0 Å². The highest BCUT2D eigenvalue weighted by atomic mass is 16.5. The fraction of sp³-hybridized carbons (Fsp3) is 0.179. The van der Waals surface area contributed by atoms with Crippen molar-refractivity contribution in [1.29, 1.82) is 0 Å². The van der Waals surface area contributed by atoms with Crippen LogP contribution in [-0.4, -0.2) is 20.1 Å². The predicted molar refractivity (Wildman–Crippen MR) is 133 cm³/mol. The minimum absolute atomic E-state index is 0.221. The highest BCUT2D eigenvalue weighted by Crippen LogP contribution is 2.38. The molecule has 0 aliphatic rings. The van der Waals surface area contributed by atoms with E-state index >= 15 is 0 Å². The quantitative estimate of drug-likeness (QED) is 0.335. The molecule has 0 radical (unpaired) electrons. The predicted octanol–water partition coefficient (Wildman–Crippen LogP) is 6.78. The van der Waals surface area contributed by atoms with Crippen LogP contribution in [0.4, 0.5) is 5.69 Å². The standard InChI is InChI=1S/C28H27NO4/c1-17-6-11-22(18(2)12-17)25-16-33-27-15-26(32-5)23(14-24(25)27)19(3)13-28(30)29-20-7-9-21(31-4)10-8-20/h6-16H,1-5H3,(H,29,30)/b19-13+. The van der Waals surface area contributed by atoms with E-state index in [2.05, 4.69) is 37.4 Å². The van der Waals surface area contributed by atoms with Crippen LogP contribution >= 0.6 is 0 Å². The average molecular weight is 442 g/mol. The Bertz CT molecular complexity index is 1350. The van der Waals surface area contributed by atoms with Gasteiger partial charge in [-0.2, -0.15) is 0 Å². The number of ether oxygens (including phenoxy) is 2. The number of furan rings is 1. The van der Waals surface area contributed by atoms with Crippen LogP contribution in [0.5, 0.6) is 11.5 Å². The number of fused-ring (bicyclic) bond motifs is 1. The smallest absolute Gasteiger partial charge is 0.248 e. The van der Waals surface area contributed by atoms with Crippen molar-refractivity contribution in [2.45, 2.75) is 20.8 Å². The molecule has 0 bridgehead atoms. The summed E-state index contributed by atoms with van der Waals surface area (Å²) in [5.41, 5.74) is 7.58. The SMILES string of the molecule is COc1ccc(NC(=O)/C=C(\C)c2cc3c(-c4ccc(C)cc4C)coc3cc2OC)cc1. The Kier molecular flexibility index (Phi) is 6.22. The van der Waals surface area contributed by atoms with Crippen LogP contribution in [-0.2, 0) is 4.79 Å². The summed E-state index contributed by atoms with van der Waals surface area (Å²) >= 11 is 0. The normalized spacial score (nSPS) is 11.5. The van der Waals surface area contributed by atoms with Gasteiger partial charge < -0.3 is 19.2 Å². The molecule has 1 heterocycles. The van der Waals surface area contributed by atoms with Crippen LogP contribution < -0.4 is 14.8 Å². The molecule has 1 N–H and O–H groups in total. The Morgan fingerprint density at radius 2 is 1.70 bits per heavy atom. The number of nitrogens with one attached hydrogen (secondary N) is 1. The van der Waals surface area contributed by atoms with Crippen LogP contribution in [0, 0.1) is 13.8 Å². The molecule has 0 fully saturated rings. The van der Waals surface area contributed by atoms with E-state index in [9.17, 15) is 4.79 Å². The number of anilines is 1. The molecule has 0 unspecified atom stereocenters. The molecule has 1 aromatic heterocycles. The third kappa shape index (κ3) is 4.62. The number of methoxy groups -OCH3 is 2. The number of allylic oxidation sites excluding steroid dienone is 1. The maximum absolute atomic E-state index is 12.7. The number of carbonyl (C=O) groups excluding carboxylic acids is 1. The zero-order chi connectivity index (χ0) is 23.5. The zero-order valence-electron chi connectivity index (χ0n) is 19.5. The van der Waals surface area contributed by atoms with Crippen LogP contribution in [0.15, 0.2) is 71.4 Å². The van der Waals surface area contributed by atoms with Crippen molar-refractivity contribution in [2.75, 3.05) is 19.5 Å². The highest BCUT2D eigenvalue weighted by molar-refractivity contribution is 6.05. The summed E-state index contributed by atoms with van der Waals surface area (Å²) in [6.45, 7) is 6.08. The summed E-state index contributed by atoms with van der Waals surface area (Å²) < 4.78 is 16.6. The van der Waals surface area contributed by atoms with Gasteiger partial charge in [0, 0.05) is 34.3 Å². The lowest BCUT2D eigenvalue weighted by atomic mass is 9.96. The summed E-state index contributed by atoms with van der Waals surface area (Å²) in [5, 5.41) is 3.86. The second kappa shape index (κ2) is 9.25. The molecular weight excluding hydrogens is 414 g/mol. The van der Waals surface area contributed by atoms with Gasteiger partial charge >= 0.3 is 0 Å². The highest BCUT2D eigenvalue weighted by Gasteiger charge is 2.16. The second-order valence-electron chi connectivity index (χ2n) is 8.06. The molecule has 0 spiro atoms. The monoisotopic (exact) mass is 441 g/mol. The van der Waals surface area contributed by atoms with Gasteiger partial charge in [0.05, 0.1) is 20.5 Å². The van der Waals surface area contributed by atoms with E-state index in [-0.39, 0.29) is 5.91 Å². The average Bonchev–Trinajstić information content (AvgIpc) is 3.21. The maximum atomic E-state index is 12.7. The van der Waals surface area contributed by atoms with Gasteiger partial charge in [-0.15, -0.1) is 0 Å². The van der Waals surface area contributed by atoms with Crippen LogP contribution in [0.25, 0.3) is 27.7 Å². The summed E-state index contributed by atoms with van der Waals surface area (Å²) in [7, 11) is 3.22. The fourth-order valence-corrected chi connectivity index (χ4v) is 3.98. The number of hydrogen-bond acceptors (Lipinski definition) is 4. The Morgan fingerprint density at radius 1 is 0.939 bits per heavy atom. The third-order valence-electron chi connectivity index (χ3n) is 5.70. The van der Waals surface area contributed by atoms with E-state index in [1.165, 1.54) is 11.1 Å². The van der Waals surface area contributed by atoms with Gasteiger partial charge in [-0.05, 0) is 67.8 Å². The van der Waals surface area contributed by atoms with Gasteiger partial charge in [-0.1, -0.05) is 23.8 Å².